The van der Waals surface area contributed by atoms with Crippen LogP contribution in [0.3, 0.4) is 0 Å². The Morgan fingerprint density at radius 3 is 2.35 bits per heavy atom. The number of carbonyl (C=O) groups excluding carboxylic acids is 2. The molecule has 2 aliphatic rings. The van der Waals surface area contributed by atoms with Crippen molar-refractivity contribution < 1.29 is 9.59 Å². The minimum absolute atomic E-state index is 0.0312. The Morgan fingerprint density at radius 2 is 1.75 bits per heavy atom. The van der Waals surface area contributed by atoms with E-state index < -0.39 is 0 Å². The Morgan fingerprint density at radius 1 is 1.15 bits per heavy atom. The highest BCUT2D eigenvalue weighted by Crippen LogP contribution is 2.28. The number of hydrogen-bond donors (Lipinski definition) is 3. The van der Waals surface area contributed by atoms with Gasteiger partial charge in [0.1, 0.15) is 0 Å². The summed E-state index contributed by atoms with van der Waals surface area (Å²) >= 11 is 0. The molecule has 0 saturated carbocycles. The van der Waals surface area contributed by atoms with E-state index in [0.717, 1.165) is 12.8 Å². The zero-order valence-electron chi connectivity index (χ0n) is 12.4. The van der Waals surface area contributed by atoms with Crippen LogP contribution in [0.2, 0.25) is 0 Å². The monoisotopic (exact) mass is 282 g/mol. The number of fused-ring (bicyclic) bond motifs is 2. The summed E-state index contributed by atoms with van der Waals surface area (Å²) in [6.07, 6.45) is 4.84. The number of amides is 2. The fourth-order valence-corrected chi connectivity index (χ4v) is 3.24. The smallest absolute Gasteiger partial charge is 0.234 e. The summed E-state index contributed by atoms with van der Waals surface area (Å²) in [5, 5.41) is 9.11. The lowest BCUT2D eigenvalue weighted by Crippen LogP contribution is -2.49. The van der Waals surface area contributed by atoms with E-state index in [9.17, 15) is 9.59 Å². The first-order valence-corrected chi connectivity index (χ1v) is 7.52. The second kappa shape index (κ2) is 7.04. The van der Waals surface area contributed by atoms with Crippen LogP contribution in [0.4, 0.5) is 0 Å². The molecule has 2 aliphatic heterocycles. The average molecular weight is 282 g/mol. The van der Waals surface area contributed by atoms with Gasteiger partial charge in [0.05, 0.1) is 6.54 Å². The molecule has 2 atom stereocenters. The van der Waals surface area contributed by atoms with Gasteiger partial charge in [0.15, 0.2) is 0 Å². The predicted octanol–water partition coefficient (Wildman–Crippen LogP) is -0.546. The minimum atomic E-state index is -0.0680. The predicted molar refractivity (Wildman–Crippen MR) is 77.3 cm³/mol. The molecule has 0 aromatic heterocycles. The summed E-state index contributed by atoms with van der Waals surface area (Å²) in [4.78, 5) is 24.7. The maximum Gasteiger partial charge on any atom is 0.234 e. The summed E-state index contributed by atoms with van der Waals surface area (Å²) in [6.45, 7) is 2.89. The molecular weight excluding hydrogens is 256 g/mol. The molecule has 6 nitrogen and oxygen atoms in total. The van der Waals surface area contributed by atoms with E-state index in [1.165, 1.54) is 19.8 Å². The van der Waals surface area contributed by atoms with Crippen LogP contribution in [-0.4, -0.2) is 61.5 Å². The molecule has 0 spiro atoms. The second-order valence-electron chi connectivity index (χ2n) is 6.01. The zero-order chi connectivity index (χ0) is 14.5. The highest BCUT2D eigenvalue weighted by molar-refractivity contribution is 5.78. The first-order chi connectivity index (χ1) is 9.54. The molecule has 2 heterocycles. The number of nitrogens with zero attached hydrogens (tertiary/aromatic N) is 1. The summed E-state index contributed by atoms with van der Waals surface area (Å²) in [7, 11) is 2.03. The van der Waals surface area contributed by atoms with Gasteiger partial charge in [-0.15, -0.1) is 0 Å². The van der Waals surface area contributed by atoms with Gasteiger partial charge in [0.2, 0.25) is 11.8 Å². The Balaban J connectivity index is 1.64. The summed E-state index contributed by atoms with van der Waals surface area (Å²) in [5.74, 6) is -0.0368. The van der Waals surface area contributed by atoms with Gasteiger partial charge in [0.25, 0.3) is 0 Å². The lowest BCUT2D eigenvalue weighted by atomic mass is 9.98. The van der Waals surface area contributed by atoms with Gasteiger partial charge in [-0.3, -0.25) is 14.5 Å². The van der Waals surface area contributed by atoms with Crippen LogP contribution in [0.25, 0.3) is 0 Å². The summed E-state index contributed by atoms with van der Waals surface area (Å²) in [5.41, 5.74) is 0. The van der Waals surface area contributed by atoms with Crippen molar-refractivity contribution in [3.8, 4) is 0 Å². The van der Waals surface area contributed by atoms with Crippen LogP contribution in [0.15, 0.2) is 0 Å². The molecule has 0 radical (unpaired) electrons. The fourth-order valence-electron chi connectivity index (χ4n) is 3.24. The number of likely N-dealkylation sites (N-methyl/N-ethyl adjacent to an activating group) is 1. The van der Waals surface area contributed by atoms with E-state index in [1.807, 2.05) is 7.05 Å². The fraction of sp³-hybridized carbons (Fsp3) is 0.857. The lowest BCUT2D eigenvalue weighted by molar-refractivity contribution is -0.123. The number of piperidine rings is 1. The number of nitrogens with one attached hydrogen (secondary N) is 3. The summed E-state index contributed by atoms with van der Waals surface area (Å²) < 4.78 is 0. The van der Waals surface area contributed by atoms with Crippen molar-refractivity contribution in [2.75, 3.05) is 26.7 Å². The summed E-state index contributed by atoms with van der Waals surface area (Å²) in [6, 6.07) is 1.79. The van der Waals surface area contributed by atoms with Gasteiger partial charge in [-0.1, -0.05) is 0 Å². The number of carbonyl (C=O) groups is 2. The maximum absolute atomic E-state index is 11.8. The first kappa shape index (κ1) is 15.3. The van der Waals surface area contributed by atoms with E-state index in [2.05, 4.69) is 20.9 Å². The third-order valence-electron chi connectivity index (χ3n) is 4.29. The molecule has 2 saturated heterocycles. The molecule has 2 rings (SSSR count). The van der Waals surface area contributed by atoms with Crippen molar-refractivity contribution in [1.29, 1.82) is 0 Å². The Bertz CT molecular complexity index is 349. The van der Waals surface area contributed by atoms with Crippen molar-refractivity contribution in [1.82, 2.24) is 20.9 Å². The van der Waals surface area contributed by atoms with Gasteiger partial charge in [0, 0.05) is 38.1 Å². The van der Waals surface area contributed by atoms with Crippen LogP contribution in [0.1, 0.15) is 32.6 Å². The van der Waals surface area contributed by atoms with E-state index in [-0.39, 0.29) is 11.8 Å². The SMILES string of the molecule is CC(=O)NCCNC(=O)CN(C)C1CC2CCC(C1)N2. The Labute approximate surface area is 120 Å². The first-order valence-electron chi connectivity index (χ1n) is 7.52. The van der Waals surface area contributed by atoms with Crippen molar-refractivity contribution in [2.45, 2.75) is 50.7 Å². The topological polar surface area (TPSA) is 73.5 Å². The van der Waals surface area contributed by atoms with Crippen molar-refractivity contribution in [2.24, 2.45) is 0 Å². The van der Waals surface area contributed by atoms with Gasteiger partial charge >= 0.3 is 0 Å². The zero-order valence-corrected chi connectivity index (χ0v) is 12.4. The van der Waals surface area contributed by atoms with Crippen molar-refractivity contribution in [3.05, 3.63) is 0 Å². The highest BCUT2D eigenvalue weighted by Gasteiger charge is 2.35. The Kier molecular flexibility index (Phi) is 5.37. The van der Waals surface area contributed by atoms with E-state index in [1.54, 1.807) is 0 Å². The quantitative estimate of drug-likeness (QED) is 0.572. The van der Waals surface area contributed by atoms with Crippen molar-refractivity contribution >= 4 is 11.8 Å². The van der Waals surface area contributed by atoms with Crippen LogP contribution < -0.4 is 16.0 Å². The number of rotatable bonds is 6. The second-order valence-corrected chi connectivity index (χ2v) is 6.01. The molecule has 0 aliphatic carbocycles. The van der Waals surface area contributed by atoms with Gasteiger partial charge in [-0.2, -0.15) is 0 Å². The standard InChI is InChI=1S/C14H26N4O2/c1-10(19)15-5-6-16-14(20)9-18(2)13-7-11-3-4-12(8-13)17-11/h11-13,17H,3-9H2,1-2H3,(H,15,19)(H,16,20). The largest absolute Gasteiger partial charge is 0.355 e. The molecule has 2 fully saturated rings. The van der Waals surface area contributed by atoms with Crippen LogP contribution >= 0.6 is 0 Å². The van der Waals surface area contributed by atoms with E-state index in [0.29, 0.717) is 37.8 Å². The molecule has 0 aromatic carbocycles. The van der Waals surface area contributed by atoms with Gasteiger partial charge in [-0.25, -0.2) is 0 Å². The van der Waals surface area contributed by atoms with E-state index in [4.69, 9.17) is 0 Å². The Hall–Kier alpha value is -1.14. The molecule has 2 amide bonds. The van der Waals surface area contributed by atoms with Crippen molar-refractivity contribution in [3.63, 3.8) is 0 Å². The molecule has 3 N–H and O–H groups in total. The van der Waals surface area contributed by atoms with E-state index >= 15 is 0 Å². The molecule has 20 heavy (non-hydrogen) atoms. The maximum atomic E-state index is 11.8. The molecule has 0 aromatic rings. The van der Waals surface area contributed by atoms with Crippen LogP contribution in [0.5, 0.6) is 0 Å². The van der Waals surface area contributed by atoms with Crippen LogP contribution in [-0.2, 0) is 9.59 Å². The average Bonchev–Trinajstić information content (AvgIpc) is 2.73. The highest BCUT2D eigenvalue weighted by atomic mass is 16.2. The lowest BCUT2D eigenvalue weighted by Gasteiger charge is -2.35. The third-order valence-corrected chi connectivity index (χ3v) is 4.29. The van der Waals surface area contributed by atoms with Crippen LogP contribution in [0, 0.1) is 0 Å². The van der Waals surface area contributed by atoms with Gasteiger partial charge in [-0.05, 0) is 32.7 Å². The molecular formula is C14H26N4O2. The third kappa shape index (κ3) is 4.45. The van der Waals surface area contributed by atoms with Gasteiger partial charge < -0.3 is 16.0 Å². The number of hydrogen-bond acceptors (Lipinski definition) is 4. The molecule has 2 unspecified atom stereocenters. The minimum Gasteiger partial charge on any atom is -0.355 e. The molecule has 2 bridgehead atoms. The normalized spacial score (nSPS) is 28.4. The molecule has 114 valence electrons. The molecule has 6 heteroatoms.